The van der Waals surface area contributed by atoms with Crippen molar-refractivity contribution in [2.45, 2.75) is 58.8 Å². The molecule has 0 aromatic rings. The predicted octanol–water partition coefficient (Wildman–Crippen LogP) is 4.50. The molecule has 0 spiro atoms. The van der Waals surface area contributed by atoms with Gasteiger partial charge in [-0.15, -0.1) is 0 Å². The van der Waals surface area contributed by atoms with E-state index in [1.807, 2.05) is 0 Å². The van der Waals surface area contributed by atoms with Crippen molar-refractivity contribution in [1.82, 2.24) is 0 Å². The van der Waals surface area contributed by atoms with Gasteiger partial charge in [0.2, 0.25) is 0 Å². The molecule has 1 rings (SSSR count). The summed E-state index contributed by atoms with van der Waals surface area (Å²) in [7, 11) is 0. The van der Waals surface area contributed by atoms with Gasteiger partial charge in [-0.05, 0) is 0 Å². The zero-order chi connectivity index (χ0) is 10.4. The van der Waals surface area contributed by atoms with Crippen LogP contribution in [0.2, 0.25) is 0 Å². The molecule has 0 bridgehead atoms. The van der Waals surface area contributed by atoms with Gasteiger partial charge in [-0.3, -0.25) is 0 Å². The second kappa shape index (κ2) is 6.77. The Kier molecular flexibility index (Phi) is 6.02. The fourth-order valence-corrected chi connectivity index (χ4v) is 3.01. The number of hydrogen-bond donors (Lipinski definition) is 0. The fourth-order valence-electron chi connectivity index (χ4n) is 1.89. The molecule has 0 radical (unpaired) electrons. The molecule has 0 unspecified atom stereocenters. The number of rotatable bonds is 6. The zero-order valence-corrected chi connectivity index (χ0v) is 12.0. The van der Waals surface area contributed by atoms with Crippen LogP contribution in [0.3, 0.4) is 0 Å². The Bertz CT molecular complexity index is 224. The van der Waals surface area contributed by atoms with E-state index < -0.39 is 0 Å². The van der Waals surface area contributed by atoms with Gasteiger partial charge in [-0.1, -0.05) is 0 Å². The first-order valence-corrected chi connectivity index (χ1v) is 7.15. The van der Waals surface area contributed by atoms with Crippen LogP contribution in [-0.2, 0) is 24.7 Å². The Morgan fingerprint density at radius 1 is 1.14 bits per heavy atom. The van der Waals surface area contributed by atoms with Crippen molar-refractivity contribution in [3.8, 4) is 0 Å². The molecule has 1 heteroatoms. The second-order valence-corrected chi connectivity index (χ2v) is 5.35. The molecule has 0 N–H and O–H groups in total. The Morgan fingerprint density at radius 2 is 1.79 bits per heavy atom. The molecule has 0 fully saturated rings. The summed E-state index contributed by atoms with van der Waals surface area (Å²) in [6, 6.07) is 0. The molecule has 14 heavy (non-hydrogen) atoms. The third kappa shape index (κ3) is 3.50. The summed E-state index contributed by atoms with van der Waals surface area (Å²) in [4.78, 5) is 0. The Balaban J connectivity index is 2.44. The van der Waals surface area contributed by atoms with Gasteiger partial charge in [-0.2, -0.15) is 0 Å². The second-order valence-electron chi connectivity index (χ2n) is 4.12. The topological polar surface area (TPSA) is 0 Å². The SMILES string of the molecule is CCCCC1=CCC(CCCC)=[C]1[Zr]. The van der Waals surface area contributed by atoms with Crippen molar-refractivity contribution in [3.63, 3.8) is 0 Å². The predicted molar refractivity (Wildman–Crippen MR) is 58.8 cm³/mol. The van der Waals surface area contributed by atoms with Crippen molar-refractivity contribution < 1.29 is 24.7 Å². The molecule has 0 aliphatic heterocycles. The molecule has 1 aliphatic rings. The molecule has 0 aromatic heterocycles. The van der Waals surface area contributed by atoms with Gasteiger partial charge in [0.1, 0.15) is 0 Å². The molecule has 0 saturated carbocycles. The monoisotopic (exact) mass is 267 g/mol. The molecule has 0 nitrogen and oxygen atoms in total. The average Bonchev–Trinajstić information content (AvgIpc) is 2.54. The Labute approximate surface area is 104 Å². The van der Waals surface area contributed by atoms with Crippen molar-refractivity contribution in [1.29, 1.82) is 0 Å². The third-order valence-electron chi connectivity index (χ3n) is 2.90. The van der Waals surface area contributed by atoms with Crippen LogP contribution in [0.4, 0.5) is 0 Å². The van der Waals surface area contributed by atoms with Crippen LogP contribution < -0.4 is 0 Å². The van der Waals surface area contributed by atoms with E-state index in [0.717, 1.165) is 0 Å². The van der Waals surface area contributed by atoms with E-state index >= 15 is 0 Å². The quantitative estimate of drug-likeness (QED) is 0.665. The molecule has 1 aliphatic carbocycles. The molecule has 77 valence electrons. The van der Waals surface area contributed by atoms with Crippen LogP contribution in [0, 0.1) is 0 Å². The summed E-state index contributed by atoms with van der Waals surface area (Å²) in [5.74, 6) is 0. The molecule has 0 aromatic carbocycles. The summed E-state index contributed by atoms with van der Waals surface area (Å²) >= 11 is 1.64. The van der Waals surface area contributed by atoms with E-state index in [0.29, 0.717) is 0 Å². The van der Waals surface area contributed by atoms with Gasteiger partial charge < -0.3 is 0 Å². The summed E-state index contributed by atoms with van der Waals surface area (Å²) in [5, 5.41) is 0. The molecule has 0 heterocycles. The van der Waals surface area contributed by atoms with Crippen molar-refractivity contribution >= 4 is 0 Å². The van der Waals surface area contributed by atoms with Gasteiger partial charge in [0.05, 0.1) is 0 Å². The maximum atomic E-state index is 2.48. The van der Waals surface area contributed by atoms with Gasteiger partial charge in [-0.25, -0.2) is 0 Å². The van der Waals surface area contributed by atoms with Gasteiger partial charge >= 0.3 is 104 Å². The van der Waals surface area contributed by atoms with Crippen LogP contribution in [0.15, 0.2) is 20.5 Å². The van der Waals surface area contributed by atoms with Crippen LogP contribution in [0.5, 0.6) is 0 Å². The maximum absolute atomic E-state index is 2.48. The molecule has 0 atom stereocenters. The van der Waals surface area contributed by atoms with Crippen LogP contribution in [-0.4, -0.2) is 0 Å². The molecular weight excluding hydrogens is 247 g/mol. The van der Waals surface area contributed by atoms with E-state index in [4.69, 9.17) is 0 Å². The zero-order valence-electron chi connectivity index (χ0n) is 9.53. The van der Waals surface area contributed by atoms with Gasteiger partial charge in [0.15, 0.2) is 0 Å². The first-order chi connectivity index (χ1) is 6.79. The molecular formula is C13H21Zr. The van der Waals surface area contributed by atoms with Crippen molar-refractivity contribution in [2.24, 2.45) is 0 Å². The fraction of sp³-hybridized carbons (Fsp3) is 0.692. The average molecular weight is 269 g/mol. The van der Waals surface area contributed by atoms with Crippen LogP contribution >= 0.6 is 0 Å². The third-order valence-corrected chi connectivity index (χ3v) is 4.56. The standard InChI is InChI=1S/C13H21.Zr/c1-3-5-7-12-9-10-13(11-12)8-6-4-2;/h9H,3-8,10H2,1-2H3;. The summed E-state index contributed by atoms with van der Waals surface area (Å²) in [6.45, 7) is 4.56. The minimum atomic E-state index is 1.26. The van der Waals surface area contributed by atoms with E-state index in [9.17, 15) is 0 Å². The summed E-state index contributed by atoms with van der Waals surface area (Å²) < 4.78 is 1.71. The van der Waals surface area contributed by atoms with E-state index in [-0.39, 0.29) is 0 Å². The van der Waals surface area contributed by atoms with Crippen LogP contribution in [0.1, 0.15) is 58.8 Å². The summed E-state index contributed by atoms with van der Waals surface area (Å²) in [5.41, 5.74) is 3.42. The van der Waals surface area contributed by atoms with E-state index in [1.54, 1.807) is 39.1 Å². The van der Waals surface area contributed by atoms with Gasteiger partial charge in [0.25, 0.3) is 0 Å². The number of allylic oxidation sites excluding steroid dienone is 4. The number of unbranched alkanes of at least 4 members (excludes halogenated alkanes) is 2. The first-order valence-electron chi connectivity index (χ1n) is 5.92. The number of hydrogen-bond acceptors (Lipinski definition) is 0. The van der Waals surface area contributed by atoms with E-state index in [2.05, 4.69) is 19.9 Å². The van der Waals surface area contributed by atoms with Gasteiger partial charge in [0, 0.05) is 0 Å². The van der Waals surface area contributed by atoms with Crippen LogP contribution in [0.25, 0.3) is 0 Å². The minimum absolute atomic E-state index is 1.26. The van der Waals surface area contributed by atoms with E-state index in [1.165, 1.54) is 44.9 Å². The molecule has 0 amide bonds. The Hall–Kier alpha value is 0.363. The Morgan fingerprint density at radius 3 is 2.43 bits per heavy atom. The summed E-state index contributed by atoms with van der Waals surface area (Å²) in [6.07, 6.45) is 11.8. The molecule has 0 saturated heterocycles. The van der Waals surface area contributed by atoms with Crippen molar-refractivity contribution in [3.05, 3.63) is 20.5 Å². The first kappa shape index (κ1) is 12.4. The normalized spacial score (nSPS) is 16.2. The van der Waals surface area contributed by atoms with Crippen molar-refractivity contribution in [2.75, 3.05) is 0 Å².